The van der Waals surface area contributed by atoms with Gasteiger partial charge in [0, 0.05) is 6.07 Å². The predicted octanol–water partition coefficient (Wildman–Crippen LogP) is 1.13. The number of hydrogen-bond donors (Lipinski definition) is 1. The number of hydrogen-bond acceptors (Lipinski definition) is 4. The van der Waals surface area contributed by atoms with E-state index in [1.165, 1.54) is 6.07 Å². The first-order chi connectivity index (χ1) is 9.79. The molecule has 0 radical (unpaired) electrons. The highest BCUT2D eigenvalue weighted by Crippen LogP contribution is 2.20. The van der Waals surface area contributed by atoms with Crippen LogP contribution in [-0.2, 0) is 10.0 Å². The quantitative estimate of drug-likeness (QED) is 0.917. The monoisotopic (exact) mass is 312 g/mol. The molecule has 110 valence electrons. The Morgan fingerprint density at radius 1 is 1.10 bits per heavy atom. The predicted molar refractivity (Wildman–Crippen MR) is 67.9 cm³/mol. The molecule has 5 nitrogen and oxygen atoms in total. The molecule has 0 spiro atoms. The van der Waals surface area contributed by atoms with Crippen LogP contribution < -0.4 is 9.83 Å². The van der Waals surface area contributed by atoms with E-state index in [0.717, 1.165) is 30.3 Å². The normalized spacial score (nSPS) is 11.1. The number of nitrogens with one attached hydrogen (secondary N) is 1. The van der Waals surface area contributed by atoms with Crippen LogP contribution in [0.2, 0.25) is 0 Å². The van der Waals surface area contributed by atoms with Crippen molar-refractivity contribution in [3.63, 3.8) is 0 Å². The van der Waals surface area contributed by atoms with Crippen molar-refractivity contribution >= 4 is 21.7 Å². The summed E-state index contributed by atoms with van der Waals surface area (Å²) < 4.78 is 52.2. The van der Waals surface area contributed by atoms with E-state index in [0.29, 0.717) is 6.07 Å². The molecule has 2 aromatic carbocycles. The second kappa shape index (κ2) is 5.49. The molecule has 1 N–H and O–H groups in total. The number of carboxylic acid groups (broad SMARTS) is 1. The smallest absolute Gasteiger partial charge is 0.262 e. The molecule has 2 aromatic rings. The van der Waals surface area contributed by atoms with Crippen LogP contribution in [0.4, 0.5) is 14.5 Å². The van der Waals surface area contributed by atoms with Gasteiger partial charge in [-0.1, -0.05) is 12.1 Å². The summed E-state index contributed by atoms with van der Waals surface area (Å²) in [5.41, 5.74) is -0.785. The lowest BCUT2D eigenvalue weighted by Gasteiger charge is -2.10. The minimum absolute atomic E-state index is 0.336. The van der Waals surface area contributed by atoms with Crippen LogP contribution in [0.1, 0.15) is 10.4 Å². The number of carbonyl (C=O) groups is 1. The number of carboxylic acids is 1. The summed E-state index contributed by atoms with van der Waals surface area (Å²) in [6.07, 6.45) is 0. The molecule has 0 aromatic heterocycles. The van der Waals surface area contributed by atoms with Gasteiger partial charge in [0.2, 0.25) is 0 Å². The number of anilines is 1. The number of sulfonamides is 1. The van der Waals surface area contributed by atoms with Gasteiger partial charge in [0.05, 0.1) is 16.6 Å². The molecule has 0 saturated heterocycles. The highest BCUT2D eigenvalue weighted by atomic mass is 32.2. The van der Waals surface area contributed by atoms with Crippen molar-refractivity contribution in [3.8, 4) is 0 Å². The number of carbonyl (C=O) groups excluding carboxylic acids is 1. The lowest BCUT2D eigenvalue weighted by molar-refractivity contribution is -0.255. The van der Waals surface area contributed by atoms with E-state index in [1.54, 1.807) is 0 Å². The Hall–Kier alpha value is -2.48. The molecule has 0 aliphatic rings. The topological polar surface area (TPSA) is 86.3 Å². The Balaban J connectivity index is 2.38. The van der Waals surface area contributed by atoms with Crippen LogP contribution in [0.5, 0.6) is 0 Å². The minimum atomic E-state index is -4.21. The van der Waals surface area contributed by atoms with Crippen LogP contribution in [-0.4, -0.2) is 14.4 Å². The molecule has 0 amide bonds. The molecule has 0 atom stereocenters. The molecule has 8 heteroatoms. The molecule has 0 bridgehead atoms. The Morgan fingerprint density at radius 3 is 2.43 bits per heavy atom. The van der Waals surface area contributed by atoms with Gasteiger partial charge >= 0.3 is 0 Å². The van der Waals surface area contributed by atoms with Crippen LogP contribution in [0.3, 0.4) is 0 Å². The van der Waals surface area contributed by atoms with E-state index >= 15 is 0 Å². The molecule has 21 heavy (non-hydrogen) atoms. The first-order valence-electron chi connectivity index (χ1n) is 5.59. The van der Waals surface area contributed by atoms with Crippen molar-refractivity contribution in [1.82, 2.24) is 0 Å². The average molecular weight is 312 g/mol. The lowest BCUT2D eigenvalue weighted by atomic mass is 10.2. The van der Waals surface area contributed by atoms with Gasteiger partial charge in [-0.05, 0) is 29.8 Å². The zero-order chi connectivity index (χ0) is 15.6. The van der Waals surface area contributed by atoms with Gasteiger partial charge in [0.1, 0.15) is 11.6 Å². The fourth-order valence-electron chi connectivity index (χ4n) is 1.57. The van der Waals surface area contributed by atoms with Crippen LogP contribution >= 0.6 is 0 Å². The third-order valence-corrected chi connectivity index (χ3v) is 3.92. The molecule has 0 aliphatic heterocycles. The molecule has 0 saturated carbocycles. The summed E-state index contributed by atoms with van der Waals surface area (Å²) in [7, 11) is -4.21. The van der Waals surface area contributed by atoms with Crippen molar-refractivity contribution in [1.29, 1.82) is 0 Å². The van der Waals surface area contributed by atoms with Crippen molar-refractivity contribution < 1.29 is 27.1 Å². The Labute approximate surface area is 118 Å². The van der Waals surface area contributed by atoms with E-state index < -0.39 is 33.3 Å². The summed E-state index contributed by atoms with van der Waals surface area (Å²) >= 11 is 0. The highest BCUT2D eigenvalue weighted by molar-refractivity contribution is 7.92. The van der Waals surface area contributed by atoms with Gasteiger partial charge in [0.15, 0.2) is 0 Å². The maximum absolute atomic E-state index is 13.4. The summed E-state index contributed by atoms with van der Waals surface area (Å²) in [6.45, 7) is 0. The fraction of sp³-hybridized carbons (Fsp3) is 0. The maximum atomic E-state index is 13.4. The fourth-order valence-corrected chi connectivity index (χ4v) is 2.68. The summed E-state index contributed by atoms with van der Waals surface area (Å²) in [4.78, 5) is 10.3. The van der Waals surface area contributed by atoms with Crippen molar-refractivity contribution in [3.05, 3.63) is 59.7 Å². The molecule has 0 unspecified atom stereocenters. The lowest BCUT2D eigenvalue weighted by Crippen LogP contribution is -2.23. The van der Waals surface area contributed by atoms with Gasteiger partial charge in [-0.15, -0.1) is 0 Å². The van der Waals surface area contributed by atoms with Gasteiger partial charge < -0.3 is 9.90 Å². The molecule has 2 rings (SSSR count). The number of rotatable bonds is 4. The zero-order valence-electron chi connectivity index (χ0n) is 10.3. The van der Waals surface area contributed by atoms with Crippen LogP contribution in [0.15, 0.2) is 47.4 Å². The van der Waals surface area contributed by atoms with E-state index in [4.69, 9.17) is 0 Å². The van der Waals surface area contributed by atoms with Gasteiger partial charge in [-0.2, -0.15) is 0 Å². The van der Waals surface area contributed by atoms with E-state index in [2.05, 4.69) is 0 Å². The van der Waals surface area contributed by atoms with Crippen molar-refractivity contribution in [2.24, 2.45) is 0 Å². The summed E-state index contributed by atoms with van der Waals surface area (Å²) in [6, 6.07) is 6.71. The number of aromatic carboxylic acids is 1. The van der Waals surface area contributed by atoms with Gasteiger partial charge in [-0.25, -0.2) is 17.2 Å². The number of halogens is 2. The van der Waals surface area contributed by atoms with E-state index in [-0.39, 0.29) is 10.5 Å². The zero-order valence-corrected chi connectivity index (χ0v) is 11.2. The Bertz CT molecular complexity index is 806. The third-order valence-electron chi connectivity index (χ3n) is 2.56. The average Bonchev–Trinajstić information content (AvgIpc) is 2.42. The maximum Gasteiger partial charge on any atom is 0.262 e. The standard InChI is InChI=1S/C13H9F2NO4S/c14-9-4-5-12(11(15)7-9)16-21(19,20)10-3-1-2-8(6-10)13(17)18/h1-7,16H,(H,17,18)/p-1. The summed E-state index contributed by atoms with van der Waals surface area (Å²) in [5, 5.41) is 10.7. The van der Waals surface area contributed by atoms with Crippen LogP contribution in [0.25, 0.3) is 0 Å². The van der Waals surface area contributed by atoms with Crippen LogP contribution in [0, 0.1) is 11.6 Å². The molecule has 0 fully saturated rings. The van der Waals surface area contributed by atoms with E-state index in [9.17, 15) is 27.1 Å². The Kier molecular flexibility index (Phi) is 3.90. The van der Waals surface area contributed by atoms with Gasteiger partial charge in [-0.3, -0.25) is 4.72 Å². The molecular formula is C13H8F2NO4S-. The van der Waals surface area contributed by atoms with E-state index in [1.807, 2.05) is 4.72 Å². The second-order valence-electron chi connectivity index (χ2n) is 4.04. The highest BCUT2D eigenvalue weighted by Gasteiger charge is 2.17. The van der Waals surface area contributed by atoms with Gasteiger partial charge in [0.25, 0.3) is 10.0 Å². The summed E-state index contributed by atoms with van der Waals surface area (Å²) in [5.74, 6) is -3.48. The molecular weight excluding hydrogens is 304 g/mol. The first-order valence-corrected chi connectivity index (χ1v) is 7.07. The SMILES string of the molecule is O=C([O-])c1cccc(S(=O)(=O)Nc2ccc(F)cc2F)c1. The molecule has 0 heterocycles. The van der Waals surface area contributed by atoms with Crippen molar-refractivity contribution in [2.45, 2.75) is 4.90 Å². The largest absolute Gasteiger partial charge is 0.545 e. The molecule has 0 aliphatic carbocycles. The Morgan fingerprint density at radius 2 is 1.81 bits per heavy atom. The minimum Gasteiger partial charge on any atom is -0.545 e. The number of benzene rings is 2. The first kappa shape index (κ1) is 14.9. The second-order valence-corrected chi connectivity index (χ2v) is 5.73. The van der Waals surface area contributed by atoms with Crippen molar-refractivity contribution in [2.75, 3.05) is 4.72 Å². The third kappa shape index (κ3) is 3.34.